The summed E-state index contributed by atoms with van der Waals surface area (Å²) in [5, 5.41) is 12.6. The molecule has 5 nitrogen and oxygen atoms in total. The van der Waals surface area contributed by atoms with Crippen molar-refractivity contribution in [2.75, 3.05) is 13.1 Å². The molecule has 0 spiro atoms. The van der Waals surface area contributed by atoms with Gasteiger partial charge in [-0.05, 0) is 25.2 Å². The number of amides is 2. The topological polar surface area (TPSA) is 69.6 Å². The molecule has 2 N–H and O–H groups in total. The largest absolute Gasteiger partial charge is 0.481 e. The van der Waals surface area contributed by atoms with Gasteiger partial charge in [0.15, 0.2) is 0 Å². The first-order valence-corrected chi connectivity index (χ1v) is 8.24. The Hall–Kier alpha value is -1.26. The smallest absolute Gasteiger partial charge is 0.317 e. The van der Waals surface area contributed by atoms with Crippen LogP contribution in [0.4, 0.5) is 4.79 Å². The summed E-state index contributed by atoms with van der Waals surface area (Å²) in [4.78, 5) is 25.7. The van der Waals surface area contributed by atoms with Crippen LogP contribution in [0, 0.1) is 11.3 Å². The highest BCUT2D eigenvalue weighted by Crippen LogP contribution is 2.38. The third-order valence-corrected chi connectivity index (χ3v) is 5.30. The molecule has 1 aliphatic carbocycles. The number of nitrogens with zero attached hydrogens (tertiary/aromatic N) is 1. The fourth-order valence-electron chi connectivity index (χ4n) is 3.59. The maximum absolute atomic E-state index is 12.4. The van der Waals surface area contributed by atoms with Crippen molar-refractivity contribution in [2.24, 2.45) is 11.3 Å². The van der Waals surface area contributed by atoms with Crippen molar-refractivity contribution < 1.29 is 14.7 Å². The number of nitrogens with one attached hydrogen (secondary N) is 1. The predicted molar refractivity (Wildman–Crippen MR) is 81.1 cm³/mol. The lowest BCUT2D eigenvalue weighted by Gasteiger charge is -2.29. The SMILES string of the molecule is CC(C)C1(C(=O)O)CCN(C(=O)NC2CCCCCC2)C1. The highest BCUT2D eigenvalue weighted by molar-refractivity contribution is 5.80. The second-order valence-electron chi connectivity index (χ2n) is 6.93. The minimum absolute atomic E-state index is 0.0330. The van der Waals surface area contributed by atoms with Gasteiger partial charge in [-0.1, -0.05) is 39.5 Å². The lowest BCUT2D eigenvalue weighted by Crippen LogP contribution is -2.46. The number of rotatable bonds is 3. The number of aliphatic carboxylic acids is 1. The van der Waals surface area contributed by atoms with Crippen molar-refractivity contribution in [3.8, 4) is 0 Å². The standard InChI is InChI=1S/C16H28N2O3/c1-12(2)16(14(19)20)9-10-18(11-16)15(21)17-13-7-5-3-4-6-8-13/h12-13H,3-11H2,1-2H3,(H,17,21)(H,19,20). The van der Waals surface area contributed by atoms with E-state index in [4.69, 9.17) is 0 Å². The molecule has 2 fully saturated rings. The van der Waals surface area contributed by atoms with E-state index < -0.39 is 11.4 Å². The Kier molecular flexibility index (Phi) is 5.12. The number of urea groups is 1. The van der Waals surface area contributed by atoms with E-state index in [1.807, 2.05) is 13.8 Å². The number of carboxylic acids is 1. The zero-order chi connectivity index (χ0) is 15.5. The van der Waals surface area contributed by atoms with Gasteiger partial charge in [0.1, 0.15) is 0 Å². The summed E-state index contributed by atoms with van der Waals surface area (Å²) in [6, 6.07) is 0.185. The van der Waals surface area contributed by atoms with E-state index in [9.17, 15) is 14.7 Å². The molecule has 2 aliphatic rings. The fourth-order valence-corrected chi connectivity index (χ4v) is 3.59. The van der Waals surface area contributed by atoms with Gasteiger partial charge in [-0.15, -0.1) is 0 Å². The molecular weight excluding hydrogens is 268 g/mol. The van der Waals surface area contributed by atoms with E-state index in [1.165, 1.54) is 25.7 Å². The molecule has 5 heteroatoms. The van der Waals surface area contributed by atoms with Gasteiger partial charge >= 0.3 is 12.0 Å². The normalized spacial score (nSPS) is 27.7. The van der Waals surface area contributed by atoms with Crippen molar-refractivity contribution in [1.82, 2.24) is 10.2 Å². The molecule has 1 heterocycles. The van der Waals surface area contributed by atoms with E-state index in [0.717, 1.165) is 12.8 Å². The van der Waals surface area contributed by atoms with E-state index in [-0.39, 0.29) is 18.0 Å². The predicted octanol–water partition coefficient (Wildman–Crippen LogP) is 2.85. The Morgan fingerprint density at radius 2 is 1.81 bits per heavy atom. The molecule has 0 radical (unpaired) electrons. The Morgan fingerprint density at radius 1 is 1.19 bits per heavy atom. The van der Waals surface area contributed by atoms with Crippen molar-refractivity contribution in [3.63, 3.8) is 0 Å². The molecule has 120 valence electrons. The molecule has 1 aliphatic heterocycles. The minimum Gasteiger partial charge on any atom is -0.481 e. The van der Waals surface area contributed by atoms with Gasteiger partial charge in [0, 0.05) is 19.1 Å². The summed E-state index contributed by atoms with van der Waals surface area (Å²) < 4.78 is 0. The Bertz CT molecular complexity index is 389. The summed E-state index contributed by atoms with van der Waals surface area (Å²) in [5.41, 5.74) is -0.777. The fraction of sp³-hybridized carbons (Fsp3) is 0.875. The van der Waals surface area contributed by atoms with Crippen LogP contribution in [-0.2, 0) is 4.79 Å². The molecular formula is C16H28N2O3. The van der Waals surface area contributed by atoms with Crippen LogP contribution in [0.3, 0.4) is 0 Å². The zero-order valence-corrected chi connectivity index (χ0v) is 13.2. The summed E-state index contributed by atoms with van der Waals surface area (Å²) >= 11 is 0. The van der Waals surface area contributed by atoms with Crippen LogP contribution in [0.5, 0.6) is 0 Å². The highest BCUT2D eigenvalue weighted by Gasteiger charge is 2.48. The molecule has 0 aromatic carbocycles. The summed E-state index contributed by atoms with van der Waals surface area (Å²) in [6.07, 6.45) is 7.52. The number of carbonyl (C=O) groups excluding carboxylic acids is 1. The monoisotopic (exact) mass is 296 g/mol. The number of carbonyl (C=O) groups is 2. The van der Waals surface area contributed by atoms with Crippen molar-refractivity contribution in [2.45, 2.75) is 64.8 Å². The average molecular weight is 296 g/mol. The Morgan fingerprint density at radius 3 is 2.29 bits per heavy atom. The molecule has 0 aromatic rings. The first-order chi connectivity index (χ1) is 9.95. The highest BCUT2D eigenvalue weighted by atomic mass is 16.4. The van der Waals surface area contributed by atoms with Crippen molar-refractivity contribution in [1.29, 1.82) is 0 Å². The van der Waals surface area contributed by atoms with Gasteiger partial charge in [-0.2, -0.15) is 0 Å². The van der Waals surface area contributed by atoms with Gasteiger partial charge in [0.05, 0.1) is 5.41 Å². The molecule has 1 saturated carbocycles. The van der Waals surface area contributed by atoms with Crippen LogP contribution in [0.15, 0.2) is 0 Å². The van der Waals surface area contributed by atoms with E-state index in [1.54, 1.807) is 4.90 Å². The van der Waals surface area contributed by atoms with Gasteiger partial charge in [-0.3, -0.25) is 4.79 Å². The van der Waals surface area contributed by atoms with E-state index >= 15 is 0 Å². The second-order valence-corrected chi connectivity index (χ2v) is 6.93. The molecule has 1 saturated heterocycles. The van der Waals surface area contributed by atoms with Gasteiger partial charge in [0.2, 0.25) is 0 Å². The second kappa shape index (κ2) is 6.67. The first-order valence-electron chi connectivity index (χ1n) is 8.24. The third-order valence-electron chi connectivity index (χ3n) is 5.30. The number of hydrogen-bond acceptors (Lipinski definition) is 2. The van der Waals surface area contributed by atoms with Crippen LogP contribution in [0.25, 0.3) is 0 Å². The first kappa shape index (κ1) is 16.1. The quantitative estimate of drug-likeness (QED) is 0.787. The van der Waals surface area contributed by atoms with Crippen molar-refractivity contribution >= 4 is 12.0 Å². The maximum atomic E-state index is 12.4. The number of hydrogen-bond donors (Lipinski definition) is 2. The third kappa shape index (κ3) is 3.50. The zero-order valence-electron chi connectivity index (χ0n) is 13.2. The summed E-state index contributed by atoms with van der Waals surface area (Å²) in [7, 11) is 0. The van der Waals surface area contributed by atoms with Crippen molar-refractivity contribution in [3.05, 3.63) is 0 Å². The van der Waals surface area contributed by atoms with Gasteiger partial charge in [0.25, 0.3) is 0 Å². The molecule has 0 bridgehead atoms. The molecule has 1 unspecified atom stereocenters. The molecule has 21 heavy (non-hydrogen) atoms. The average Bonchev–Trinajstić information content (AvgIpc) is 2.75. The van der Waals surface area contributed by atoms with Crippen LogP contribution in [0.1, 0.15) is 58.8 Å². The summed E-state index contributed by atoms with van der Waals surface area (Å²) in [5.74, 6) is -0.743. The Balaban J connectivity index is 1.93. The lowest BCUT2D eigenvalue weighted by atomic mass is 9.76. The van der Waals surface area contributed by atoms with Crippen LogP contribution in [0.2, 0.25) is 0 Å². The van der Waals surface area contributed by atoms with Gasteiger partial charge in [-0.25, -0.2) is 4.79 Å². The van der Waals surface area contributed by atoms with Crippen LogP contribution in [-0.4, -0.2) is 41.1 Å². The van der Waals surface area contributed by atoms with E-state index in [2.05, 4.69) is 5.32 Å². The number of carboxylic acid groups (broad SMARTS) is 1. The summed E-state index contributed by atoms with van der Waals surface area (Å²) in [6.45, 7) is 4.74. The molecule has 2 amide bonds. The maximum Gasteiger partial charge on any atom is 0.317 e. The minimum atomic E-state index is -0.777. The van der Waals surface area contributed by atoms with Crippen LogP contribution >= 0.6 is 0 Å². The van der Waals surface area contributed by atoms with E-state index in [0.29, 0.717) is 19.5 Å². The molecule has 0 aromatic heterocycles. The lowest BCUT2D eigenvalue weighted by molar-refractivity contribution is -0.150. The molecule has 1 atom stereocenters. The van der Waals surface area contributed by atoms with Crippen LogP contribution < -0.4 is 5.32 Å². The Labute approximate surface area is 127 Å². The van der Waals surface area contributed by atoms with Gasteiger partial charge < -0.3 is 15.3 Å². The molecule has 2 rings (SSSR count). The number of likely N-dealkylation sites (tertiary alicyclic amines) is 1.